The molecule has 18 heavy (non-hydrogen) atoms. The average Bonchev–Trinajstić information content (AvgIpc) is 2.30. The molecule has 1 unspecified atom stereocenters. The highest BCUT2D eigenvalue weighted by Gasteiger charge is 2.16. The quantitative estimate of drug-likeness (QED) is 0.917. The molecule has 2 rings (SSSR count). The molecule has 0 amide bonds. The van der Waals surface area contributed by atoms with Crippen LogP contribution in [0, 0.1) is 5.92 Å². The van der Waals surface area contributed by atoms with E-state index in [4.69, 9.17) is 0 Å². The molecule has 1 saturated heterocycles. The summed E-state index contributed by atoms with van der Waals surface area (Å²) in [5, 5.41) is 3.18. The van der Waals surface area contributed by atoms with Gasteiger partial charge in [0.05, 0.1) is 0 Å². The maximum absolute atomic E-state index is 3.18. The van der Waals surface area contributed by atoms with Gasteiger partial charge in [-0.05, 0) is 43.5 Å². The summed E-state index contributed by atoms with van der Waals surface area (Å²) < 4.78 is 0. The van der Waals surface area contributed by atoms with Gasteiger partial charge >= 0.3 is 0 Å². The fourth-order valence-electron chi connectivity index (χ4n) is 2.45. The van der Waals surface area contributed by atoms with Crippen LogP contribution in [-0.2, 0) is 6.54 Å². The molecule has 1 aromatic carbocycles. The standard InChI is InChI=1S/C14H22N2.2ClH/c1-12-4-3-9-16(11-12)14-7-5-13(6-8-14)10-15-2;;/h5-8,12,15H,3-4,9-11H2,1-2H3;2*1H. The second kappa shape index (κ2) is 8.63. The summed E-state index contributed by atoms with van der Waals surface area (Å²) in [7, 11) is 1.99. The van der Waals surface area contributed by atoms with E-state index >= 15 is 0 Å². The van der Waals surface area contributed by atoms with Crippen molar-refractivity contribution >= 4 is 30.5 Å². The number of piperidine rings is 1. The van der Waals surface area contributed by atoms with Crippen LogP contribution in [0.4, 0.5) is 5.69 Å². The Bertz CT molecular complexity index is 327. The summed E-state index contributed by atoms with van der Waals surface area (Å²) in [6.45, 7) is 5.74. The van der Waals surface area contributed by atoms with Crippen molar-refractivity contribution in [3.8, 4) is 0 Å². The lowest BCUT2D eigenvalue weighted by Gasteiger charge is -2.32. The molecule has 2 nitrogen and oxygen atoms in total. The Labute approximate surface area is 123 Å². The van der Waals surface area contributed by atoms with Crippen molar-refractivity contribution in [3.05, 3.63) is 29.8 Å². The molecule has 1 N–H and O–H groups in total. The third-order valence-electron chi connectivity index (χ3n) is 3.34. The highest BCUT2D eigenvalue weighted by atomic mass is 35.5. The molecule has 1 aliphatic rings. The van der Waals surface area contributed by atoms with Crippen LogP contribution in [0.15, 0.2) is 24.3 Å². The first-order chi connectivity index (χ1) is 7.79. The summed E-state index contributed by atoms with van der Waals surface area (Å²) >= 11 is 0. The molecular weight excluding hydrogens is 267 g/mol. The minimum atomic E-state index is 0. The maximum atomic E-state index is 3.18. The Morgan fingerprint density at radius 2 is 1.89 bits per heavy atom. The zero-order chi connectivity index (χ0) is 11.4. The van der Waals surface area contributed by atoms with Crippen molar-refractivity contribution < 1.29 is 0 Å². The van der Waals surface area contributed by atoms with E-state index in [-0.39, 0.29) is 24.8 Å². The van der Waals surface area contributed by atoms with Gasteiger partial charge < -0.3 is 10.2 Å². The van der Waals surface area contributed by atoms with Gasteiger partial charge in [-0.1, -0.05) is 19.1 Å². The smallest absolute Gasteiger partial charge is 0.0366 e. The van der Waals surface area contributed by atoms with Crippen LogP contribution >= 0.6 is 24.8 Å². The number of benzene rings is 1. The van der Waals surface area contributed by atoms with Crippen molar-refractivity contribution in [3.63, 3.8) is 0 Å². The Morgan fingerprint density at radius 3 is 2.44 bits per heavy atom. The monoisotopic (exact) mass is 290 g/mol. The number of rotatable bonds is 3. The van der Waals surface area contributed by atoms with E-state index in [1.165, 1.54) is 37.2 Å². The summed E-state index contributed by atoms with van der Waals surface area (Å²) in [5.41, 5.74) is 2.74. The van der Waals surface area contributed by atoms with Crippen LogP contribution < -0.4 is 10.2 Å². The lowest BCUT2D eigenvalue weighted by Crippen LogP contribution is -2.34. The summed E-state index contributed by atoms with van der Waals surface area (Å²) in [5.74, 6) is 0.839. The van der Waals surface area contributed by atoms with Gasteiger partial charge in [0.2, 0.25) is 0 Å². The van der Waals surface area contributed by atoms with Crippen molar-refractivity contribution in [2.24, 2.45) is 5.92 Å². The number of hydrogen-bond acceptors (Lipinski definition) is 2. The van der Waals surface area contributed by atoms with Crippen LogP contribution in [0.2, 0.25) is 0 Å². The SMILES string of the molecule is CNCc1ccc(N2CCCC(C)C2)cc1.Cl.Cl. The van der Waals surface area contributed by atoms with Crippen LogP contribution in [-0.4, -0.2) is 20.1 Å². The first-order valence-electron chi connectivity index (χ1n) is 6.28. The molecule has 0 spiro atoms. The summed E-state index contributed by atoms with van der Waals surface area (Å²) in [6.07, 6.45) is 2.72. The molecule has 104 valence electrons. The van der Waals surface area contributed by atoms with Crippen molar-refractivity contribution in [1.29, 1.82) is 0 Å². The van der Waals surface area contributed by atoms with Gasteiger partial charge in [-0.2, -0.15) is 0 Å². The molecular formula is C14H24Cl2N2. The Hall–Kier alpha value is -0.440. The molecule has 1 aromatic rings. The summed E-state index contributed by atoms with van der Waals surface area (Å²) in [6, 6.07) is 8.96. The van der Waals surface area contributed by atoms with Gasteiger partial charge in [-0.15, -0.1) is 24.8 Å². The molecule has 0 radical (unpaired) electrons. The molecule has 4 heteroatoms. The zero-order valence-corrected chi connectivity index (χ0v) is 12.8. The predicted octanol–water partition coefficient (Wildman–Crippen LogP) is 3.49. The number of halogens is 2. The van der Waals surface area contributed by atoms with E-state index in [2.05, 4.69) is 41.4 Å². The van der Waals surface area contributed by atoms with E-state index in [1.54, 1.807) is 0 Å². The van der Waals surface area contributed by atoms with Crippen molar-refractivity contribution in [2.45, 2.75) is 26.3 Å². The van der Waals surface area contributed by atoms with Crippen molar-refractivity contribution in [2.75, 3.05) is 25.0 Å². The van der Waals surface area contributed by atoms with Gasteiger partial charge in [-0.25, -0.2) is 0 Å². The molecule has 1 aliphatic heterocycles. The van der Waals surface area contributed by atoms with Gasteiger partial charge in [0.1, 0.15) is 0 Å². The highest BCUT2D eigenvalue weighted by molar-refractivity contribution is 5.85. The lowest BCUT2D eigenvalue weighted by atomic mass is 9.99. The van der Waals surface area contributed by atoms with Crippen molar-refractivity contribution in [1.82, 2.24) is 5.32 Å². The summed E-state index contributed by atoms with van der Waals surface area (Å²) in [4.78, 5) is 2.51. The largest absolute Gasteiger partial charge is 0.371 e. The number of nitrogens with zero attached hydrogens (tertiary/aromatic N) is 1. The second-order valence-corrected chi connectivity index (χ2v) is 4.89. The van der Waals surface area contributed by atoms with Crippen LogP contribution in [0.25, 0.3) is 0 Å². The minimum Gasteiger partial charge on any atom is -0.371 e. The number of nitrogens with one attached hydrogen (secondary N) is 1. The van der Waals surface area contributed by atoms with Gasteiger partial charge in [0.25, 0.3) is 0 Å². The van der Waals surface area contributed by atoms with E-state index in [0.717, 1.165) is 12.5 Å². The Balaban J connectivity index is 0.00000144. The Morgan fingerprint density at radius 1 is 1.22 bits per heavy atom. The molecule has 0 saturated carbocycles. The molecule has 0 bridgehead atoms. The Kier molecular flexibility index (Phi) is 8.41. The highest BCUT2D eigenvalue weighted by Crippen LogP contribution is 2.23. The van der Waals surface area contributed by atoms with Crippen LogP contribution in [0.3, 0.4) is 0 Å². The van der Waals surface area contributed by atoms with E-state index in [0.29, 0.717) is 0 Å². The molecule has 1 fully saturated rings. The average molecular weight is 291 g/mol. The minimum absolute atomic E-state index is 0. The van der Waals surface area contributed by atoms with Gasteiger partial charge in [0, 0.05) is 25.3 Å². The molecule has 0 aliphatic carbocycles. The number of hydrogen-bond donors (Lipinski definition) is 1. The predicted molar refractivity (Wildman–Crippen MR) is 84.3 cm³/mol. The zero-order valence-electron chi connectivity index (χ0n) is 11.2. The first-order valence-corrected chi connectivity index (χ1v) is 6.28. The van der Waals surface area contributed by atoms with Gasteiger partial charge in [-0.3, -0.25) is 0 Å². The molecule has 0 aromatic heterocycles. The van der Waals surface area contributed by atoms with Crippen LogP contribution in [0.5, 0.6) is 0 Å². The fourth-order valence-corrected chi connectivity index (χ4v) is 2.45. The lowest BCUT2D eigenvalue weighted by molar-refractivity contribution is 0.447. The van der Waals surface area contributed by atoms with Crippen LogP contribution in [0.1, 0.15) is 25.3 Å². The number of anilines is 1. The third-order valence-corrected chi connectivity index (χ3v) is 3.34. The first kappa shape index (κ1) is 17.6. The topological polar surface area (TPSA) is 15.3 Å². The molecule has 1 atom stereocenters. The normalized spacial score (nSPS) is 18.8. The third kappa shape index (κ3) is 4.68. The van der Waals surface area contributed by atoms with E-state index < -0.39 is 0 Å². The van der Waals surface area contributed by atoms with E-state index in [9.17, 15) is 0 Å². The van der Waals surface area contributed by atoms with Gasteiger partial charge in [0.15, 0.2) is 0 Å². The second-order valence-electron chi connectivity index (χ2n) is 4.89. The fraction of sp³-hybridized carbons (Fsp3) is 0.571. The maximum Gasteiger partial charge on any atom is 0.0366 e. The van der Waals surface area contributed by atoms with E-state index in [1.807, 2.05) is 7.05 Å². The molecule has 1 heterocycles.